The van der Waals surface area contributed by atoms with Gasteiger partial charge in [-0.25, -0.2) is 4.79 Å². The summed E-state index contributed by atoms with van der Waals surface area (Å²) >= 11 is 0. The molecular formula is C25H26N2O4. The number of hydrogen-bond donors (Lipinski definition) is 1. The smallest absolute Gasteiger partial charge is 0.339 e. The van der Waals surface area contributed by atoms with Crippen LogP contribution < -0.4 is 10.1 Å². The minimum atomic E-state index is -0.476. The third kappa shape index (κ3) is 4.85. The molecule has 4 rings (SSSR count). The van der Waals surface area contributed by atoms with Crippen LogP contribution in [0.1, 0.15) is 47.3 Å². The lowest BCUT2D eigenvalue weighted by Gasteiger charge is -2.18. The van der Waals surface area contributed by atoms with Crippen molar-refractivity contribution in [3.05, 3.63) is 65.4 Å². The molecule has 0 spiro atoms. The number of para-hydroxylation sites is 1. The summed E-state index contributed by atoms with van der Waals surface area (Å²) in [5.41, 5.74) is 3.87. The lowest BCUT2D eigenvalue weighted by atomic mass is 9.91. The topological polar surface area (TPSA) is 77.5 Å². The van der Waals surface area contributed by atoms with Crippen LogP contribution in [-0.4, -0.2) is 30.6 Å². The Balaban J connectivity index is 1.55. The number of aryl methyl sites for hydroxylation is 1. The molecule has 1 heterocycles. The summed E-state index contributed by atoms with van der Waals surface area (Å²) in [5.74, 6) is -0.240. The Morgan fingerprint density at radius 1 is 1.00 bits per heavy atom. The maximum atomic E-state index is 13.1. The van der Waals surface area contributed by atoms with Gasteiger partial charge in [-0.2, -0.15) is 0 Å². The molecule has 2 aromatic carbocycles. The van der Waals surface area contributed by atoms with E-state index in [0.29, 0.717) is 17.0 Å². The van der Waals surface area contributed by atoms with Gasteiger partial charge in [0.15, 0.2) is 6.61 Å². The average Bonchev–Trinajstić information content (AvgIpc) is 2.77. The van der Waals surface area contributed by atoms with Crippen molar-refractivity contribution in [2.45, 2.75) is 38.5 Å². The summed E-state index contributed by atoms with van der Waals surface area (Å²) < 4.78 is 10.6. The normalized spacial score (nSPS) is 13.6. The summed E-state index contributed by atoms with van der Waals surface area (Å²) in [6.45, 7) is -0.360. The van der Waals surface area contributed by atoms with Crippen LogP contribution >= 0.6 is 0 Å². The highest BCUT2D eigenvalue weighted by Crippen LogP contribution is 2.29. The molecule has 1 aromatic heterocycles. The zero-order valence-corrected chi connectivity index (χ0v) is 17.6. The molecule has 1 aliphatic rings. The monoisotopic (exact) mass is 418 g/mol. The van der Waals surface area contributed by atoms with Gasteiger partial charge in [-0.15, -0.1) is 0 Å². The van der Waals surface area contributed by atoms with E-state index in [-0.39, 0.29) is 6.61 Å². The molecule has 1 amide bonds. The second-order valence-corrected chi connectivity index (χ2v) is 7.70. The van der Waals surface area contributed by atoms with Crippen LogP contribution in [0.3, 0.4) is 0 Å². The maximum absolute atomic E-state index is 13.1. The van der Waals surface area contributed by atoms with Gasteiger partial charge in [0.1, 0.15) is 5.75 Å². The summed E-state index contributed by atoms with van der Waals surface area (Å²) in [5, 5.41) is 3.51. The molecule has 0 bridgehead atoms. The van der Waals surface area contributed by atoms with Crippen molar-refractivity contribution in [3.8, 4) is 5.75 Å². The first kappa shape index (κ1) is 20.8. The van der Waals surface area contributed by atoms with Gasteiger partial charge < -0.3 is 14.8 Å². The largest absolute Gasteiger partial charge is 0.497 e. The molecule has 6 nitrogen and oxygen atoms in total. The molecule has 6 heteroatoms. The van der Waals surface area contributed by atoms with Crippen molar-refractivity contribution in [2.75, 3.05) is 19.0 Å². The van der Waals surface area contributed by atoms with E-state index in [1.165, 1.54) is 6.42 Å². The standard InChI is InChI=1S/C25H26N2O4/c1-30-18-10-8-9-17(15-18)26-23(28)16-31-25(29)24-19-11-4-2-3-5-13-21(19)27-22-14-7-6-12-20(22)24/h6-10,12,14-15H,2-5,11,13,16H2,1H3,(H,26,28). The lowest BCUT2D eigenvalue weighted by Crippen LogP contribution is -2.22. The fourth-order valence-electron chi connectivity index (χ4n) is 4.06. The number of benzene rings is 2. The first-order chi connectivity index (χ1) is 15.2. The third-order valence-corrected chi connectivity index (χ3v) is 5.56. The molecule has 160 valence electrons. The first-order valence-electron chi connectivity index (χ1n) is 10.7. The number of esters is 1. The quantitative estimate of drug-likeness (QED) is 0.608. The number of hydrogen-bond acceptors (Lipinski definition) is 5. The van der Waals surface area contributed by atoms with Crippen LogP contribution in [0.15, 0.2) is 48.5 Å². The predicted molar refractivity (Wildman–Crippen MR) is 120 cm³/mol. The Morgan fingerprint density at radius 2 is 1.81 bits per heavy atom. The summed E-state index contributed by atoms with van der Waals surface area (Å²) in [4.78, 5) is 30.3. The Bertz CT molecular complexity index is 1110. The number of fused-ring (bicyclic) bond motifs is 2. The van der Waals surface area contributed by atoms with Crippen LogP contribution in [0.2, 0.25) is 0 Å². The number of amides is 1. The third-order valence-electron chi connectivity index (χ3n) is 5.56. The number of carbonyl (C=O) groups is 2. The highest BCUT2D eigenvalue weighted by molar-refractivity contribution is 6.06. The second-order valence-electron chi connectivity index (χ2n) is 7.70. The van der Waals surface area contributed by atoms with Gasteiger partial charge >= 0.3 is 5.97 Å². The van der Waals surface area contributed by atoms with Gasteiger partial charge in [0.2, 0.25) is 0 Å². The Kier molecular flexibility index (Phi) is 6.46. The zero-order valence-electron chi connectivity index (χ0n) is 17.6. The van der Waals surface area contributed by atoms with Crippen molar-refractivity contribution < 1.29 is 19.1 Å². The number of ether oxygens (including phenoxy) is 2. The van der Waals surface area contributed by atoms with Gasteiger partial charge in [-0.05, 0) is 49.4 Å². The van der Waals surface area contributed by atoms with E-state index in [0.717, 1.165) is 54.3 Å². The van der Waals surface area contributed by atoms with Crippen LogP contribution in [-0.2, 0) is 22.4 Å². The number of methoxy groups -OCH3 is 1. The molecule has 0 radical (unpaired) electrons. The SMILES string of the molecule is COc1cccc(NC(=O)COC(=O)c2c3c(nc4ccccc24)CCCCCC3)c1. The van der Waals surface area contributed by atoms with Gasteiger partial charge in [-0.1, -0.05) is 37.1 Å². The van der Waals surface area contributed by atoms with E-state index >= 15 is 0 Å². The molecule has 0 fully saturated rings. The van der Waals surface area contributed by atoms with Gasteiger partial charge in [0.25, 0.3) is 5.91 Å². The van der Waals surface area contributed by atoms with E-state index in [1.807, 2.05) is 24.3 Å². The summed E-state index contributed by atoms with van der Waals surface area (Å²) in [7, 11) is 1.56. The number of nitrogens with one attached hydrogen (secondary N) is 1. The number of aromatic nitrogens is 1. The molecule has 0 saturated carbocycles. The van der Waals surface area contributed by atoms with Gasteiger partial charge in [0.05, 0.1) is 18.2 Å². The zero-order chi connectivity index (χ0) is 21.6. The van der Waals surface area contributed by atoms with Crippen LogP contribution in [0.4, 0.5) is 5.69 Å². The van der Waals surface area contributed by atoms with Crippen molar-refractivity contribution in [1.29, 1.82) is 0 Å². The van der Waals surface area contributed by atoms with E-state index in [9.17, 15) is 9.59 Å². The number of rotatable bonds is 5. The molecular weight excluding hydrogens is 392 g/mol. The maximum Gasteiger partial charge on any atom is 0.339 e. The Labute approximate surface area is 181 Å². The van der Waals surface area contributed by atoms with E-state index in [1.54, 1.807) is 31.4 Å². The number of pyridine rings is 1. The highest BCUT2D eigenvalue weighted by atomic mass is 16.5. The minimum Gasteiger partial charge on any atom is -0.497 e. The molecule has 0 atom stereocenters. The number of carbonyl (C=O) groups excluding carboxylic acids is 2. The predicted octanol–water partition coefficient (Wildman–Crippen LogP) is 4.70. The van der Waals surface area contributed by atoms with Crippen molar-refractivity contribution in [3.63, 3.8) is 0 Å². The molecule has 0 saturated heterocycles. The molecule has 0 aliphatic heterocycles. The van der Waals surface area contributed by atoms with Gasteiger partial charge in [-0.3, -0.25) is 9.78 Å². The van der Waals surface area contributed by atoms with Crippen molar-refractivity contribution in [1.82, 2.24) is 4.98 Å². The number of anilines is 1. The molecule has 0 unspecified atom stereocenters. The highest BCUT2D eigenvalue weighted by Gasteiger charge is 2.23. The summed E-state index contributed by atoms with van der Waals surface area (Å²) in [6.07, 6.45) is 6.06. The summed E-state index contributed by atoms with van der Waals surface area (Å²) in [6, 6.07) is 14.7. The van der Waals surface area contributed by atoms with E-state index in [2.05, 4.69) is 5.32 Å². The average molecular weight is 418 g/mol. The van der Waals surface area contributed by atoms with Gasteiger partial charge in [0, 0.05) is 22.8 Å². The fourth-order valence-corrected chi connectivity index (χ4v) is 4.06. The fraction of sp³-hybridized carbons (Fsp3) is 0.320. The Morgan fingerprint density at radius 3 is 2.65 bits per heavy atom. The Hall–Kier alpha value is -3.41. The molecule has 31 heavy (non-hydrogen) atoms. The molecule has 1 aliphatic carbocycles. The van der Waals surface area contributed by atoms with Crippen LogP contribution in [0, 0.1) is 0 Å². The van der Waals surface area contributed by atoms with Crippen molar-refractivity contribution in [2.24, 2.45) is 0 Å². The lowest BCUT2D eigenvalue weighted by molar-refractivity contribution is -0.119. The second kappa shape index (κ2) is 9.60. The molecule has 1 N–H and O–H groups in total. The van der Waals surface area contributed by atoms with Crippen LogP contribution in [0.25, 0.3) is 10.9 Å². The van der Waals surface area contributed by atoms with Crippen molar-refractivity contribution >= 4 is 28.5 Å². The minimum absolute atomic E-state index is 0.360. The van der Waals surface area contributed by atoms with E-state index < -0.39 is 11.9 Å². The number of nitrogens with zero attached hydrogens (tertiary/aromatic N) is 1. The first-order valence-corrected chi connectivity index (χ1v) is 10.7. The molecule has 3 aromatic rings. The van der Waals surface area contributed by atoms with E-state index in [4.69, 9.17) is 14.5 Å². The van der Waals surface area contributed by atoms with Crippen LogP contribution in [0.5, 0.6) is 5.75 Å².